The molecule has 19 heavy (non-hydrogen) atoms. The fourth-order valence-corrected chi connectivity index (χ4v) is 2.81. The molecule has 1 saturated carbocycles. The molecule has 1 atom stereocenters. The number of thioether (sulfide) groups is 1. The van der Waals surface area contributed by atoms with Gasteiger partial charge < -0.3 is 5.11 Å². The van der Waals surface area contributed by atoms with Crippen LogP contribution in [0.25, 0.3) is 0 Å². The Bertz CT molecular complexity index is 428. The topological polar surface area (TPSA) is 40.5 Å². The van der Waals surface area contributed by atoms with Gasteiger partial charge in [-0.15, -0.1) is 11.8 Å². The Balaban J connectivity index is 2.04. The van der Waals surface area contributed by atoms with Crippen LogP contribution in [0.3, 0.4) is 0 Å². The van der Waals surface area contributed by atoms with Gasteiger partial charge in [0.2, 0.25) is 0 Å². The van der Waals surface area contributed by atoms with Gasteiger partial charge in [0.05, 0.1) is 6.42 Å². The molecule has 1 unspecified atom stereocenters. The highest BCUT2D eigenvalue weighted by molar-refractivity contribution is 7.98. The second-order valence-corrected chi connectivity index (χ2v) is 5.94. The highest BCUT2D eigenvalue weighted by Gasteiger charge is 2.32. The van der Waals surface area contributed by atoms with Gasteiger partial charge in [-0.05, 0) is 43.7 Å². The second-order valence-electron chi connectivity index (χ2n) is 5.06. The Kier molecular flexibility index (Phi) is 4.88. The van der Waals surface area contributed by atoms with Crippen LogP contribution in [0.15, 0.2) is 29.2 Å². The predicted molar refractivity (Wildman–Crippen MR) is 78.6 cm³/mol. The number of hydrogen-bond acceptors (Lipinski definition) is 3. The third-order valence-electron chi connectivity index (χ3n) is 3.70. The summed E-state index contributed by atoms with van der Waals surface area (Å²) in [5.74, 6) is -0.712. The summed E-state index contributed by atoms with van der Waals surface area (Å²) in [6.45, 7) is 2.82. The number of carbonyl (C=O) groups is 1. The van der Waals surface area contributed by atoms with Crippen LogP contribution in [0.2, 0.25) is 0 Å². The Hall–Kier alpha value is -1.00. The molecule has 0 radical (unpaired) electrons. The van der Waals surface area contributed by atoms with Crippen LogP contribution in [-0.4, -0.2) is 34.8 Å². The molecule has 1 aliphatic rings. The van der Waals surface area contributed by atoms with Crippen LogP contribution in [0.5, 0.6) is 0 Å². The van der Waals surface area contributed by atoms with E-state index in [1.54, 1.807) is 11.8 Å². The van der Waals surface area contributed by atoms with E-state index in [4.69, 9.17) is 5.11 Å². The monoisotopic (exact) mass is 279 g/mol. The third kappa shape index (κ3) is 3.98. The quantitative estimate of drug-likeness (QED) is 0.777. The molecular weight excluding hydrogens is 258 g/mol. The Morgan fingerprint density at radius 2 is 2.05 bits per heavy atom. The lowest BCUT2D eigenvalue weighted by molar-refractivity contribution is -0.137. The molecule has 3 nitrogen and oxygen atoms in total. The van der Waals surface area contributed by atoms with Crippen LogP contribution in [0, 0.1) is 0 Å². The predicted octanol–water partition coefficient (Wildman–Crippen LogP) is 3.41. The van der Waals surface area contributed by atoms with Crippen LogP contribution in [0.4, 0.5) is 0 Å². The number of aliphatic carboxylic acids is 1. The first kappa shape index (κ1) is 14.4. The van der Waals surface area contributed by atoms with Gasteiger partial charge in [0.15, 0.2) is 0 Å². The second kappa shape index (κ2) is 6.44. The van der Waals surface area contributed by atoms with E-state index < -0.39 is 5.97 Å². The molecule has 0 heterocycles. The lowest BCUT2D eigenvalue weighted by Gasteiger charge is -2.29. The smallest absolute Gasteiger partial charge is 0.304 e. The Labute approximate surface area is 119 Å². The van der Waals surface area contributed by atoms with E-state index in [0.29, 0.717) is 18.6 Å². The zero-order valence-corrected chi connectivity index (χ0v) is 12.3. The largest absolute Gasteiger partial charge is 0.481 e. The summed E-state index contributed by atoms with van der Waals surface area (Å²) in [7, 11) is 0. The van der Waals surface area contributed by atoms with Gasteiger partial charge in [0.25, 0.3) is 0 Å². The maximum atomic E-state index is 10.8. The summed E-state index contributed by atoms with van der Waals surface area (Å²) in [4.78, 5) is 14.4. The van der Waals surface area contributed by atoms with Crippen molar-refractivity contribution in [1.29, 1.82) is 0 Å². The lowest BCUT2D eigenvalue weighted by Crippen LogP contribution is -2.31. The molecule has 1 fully saturated rings. The van der Waals surface area contributed by atoms with Crippen molar-refractivity contribution in [1.82, 2.24) is 4.90 Å². The van der Waals surface area contributed by atoms with Gasteiger partial charge in [-0.3, -0.25) is 9.69 Å². The molecular formula is C15H21NO2S. The molecule has 104 valence electrons. The number of rotatable bonds is 7. The fourth-order valence-electron chi connectivity index (χ4n) is 2.40. The van der Waals surface area contributed by atoms with Crippen molar-refractivity contribution in [3.63, 3.8) is 0 Å². The summed E-state index contributed by atoms with van der Waals surface area (Å²) in [6, 6.07) is 9.47. The molecule has 1 aliphatic carbocycles. The summed E-state index contributed by atoms with van der Waals surface area (Å²) >= 11 is 1.74. The summed E-state index contributed by atoms with van der Waals surface area (Å²) in [5.41, 5.74) is 1.27. The Morgan fingerprint density at radius 1 is 1.42 bits per heavy atom. The molecule has 0 aliphatic heterocycles. The van der Waals surface area contributed by atoms with E-state index in [0.717, 1.165) is 0 Å². The normalized spacial score (nSPS) is 16.6. The van der Waals surface area contributed by atoms with Crippen molar-refractivity contribution in [3.8, 4) is 0 Å². The number of benzene rings is 1. The van der Waals surface area contributed by atoms with Gasteiger partial charge in [0.1, 0.15) is 0 Å². The Morgan fingerprint density at radius 3 is 2.53 bits per heavy atom. The van der Waals surface area contributed by atoms with Crippen molar-refractivity contribution >= 4 is 17.7 Å². The van der Waals surface area contributed by atoms with Crippen molar-refractivity contribution in [3.05, 3.63) is 29.8 Å². The van der Waals surface area contributed by atoms with E-state index in [2.05, 4.69) is 42.3 Å². The van der Waals surface area contributed by atoms with Crippen LogP contribution >= 0.6 is 11.8 Å². The van der Waals surface area contributed by atoms with Gasteiger partial charge in [-0.25, -0.2) is 0 Å². The molecule has 2 rings (SSSR count). The minimum Gasteiger partial charge on any atom is -0.481 e. The van der Waals surface area contributed by atoms with E-state index in [1.165, 1.54) is 23.3 Å². The first-order valence-corrected chi connectivity index (χ1v) is 7.95. The third-order valence-corrected chi connectivity index (χ3v) is 4.44. The van der Waals surface area contributed by atoms with Crippen LogP contribution < -0.4 is 0 Å². The first-order valence-electron chi connectivity index (χ1n) is 6.73. The van der Waals surface area contributed by atoms with Gasteiger partial charge in [0, 0.05) is 23.5 Å². The lowest BCUT2D eigenvalue weighted by atomic mass is 10.1. The molecule has 1 aromatic rings. The van der Waals surface area contributed by atoms with Crippen molar-refractivity contribution < 1.29 is 9.90 Å². The van der Waals surface area contributed by atoms with Crippen LogP contribution in [-0.2, 0) is 4.79 Å². The van der Waals surface area contributed by atoms with E-state index >= 15 is 0 Å². The van der Waals surface area contributed by atoms with E-state index in [9.17, 15) is 4.79 Å². The van der Waals surface area contributed by atoms with E-state index in [-0.39, 0.29) is 6.42 Å². The molecule has 1 N–H and O–H groups in total. The molecule has 0 spiro atoms. The minimum atomic E-state index is -0.712. The fraction of sp³-hybridized carbons (Fsp3) is 0.533. The summed E-state index contributed by atoms with van der Waals surface area (Å²) in [6.07, 6.45) is 4.70. The van der Waals surface area contributed by atoms with Gasteiger partial charge in [-0.1, -0.05) is 12.1 Å². The molecule has 0 bridgehead atoms. The number of carboxylic acid groups (broad SMARTS) is 1. The van der Waals surface area contributed by atoms with Crippen molar-refractivity contribution in [2.45, 2.75) is 43.2 Å². The maximum Gasteiger partial charge on any atom is 0.304 e. The van der Waals surface area contributed by atoms with E-state index in [1.807, 2.05) is 0 Å². The van der Waals surface area contributed by atoms with Crippen LogP contribution in [0.1, 0.15) is 37.8 Å². The van der Waals surface area contributed by atoms with Gasteiger partial charge >= 0.3 is 5.97 Å². The van der Waals surface area contributed by atoms with Gasteiger partial charge in [-0.2, -0.15) is 0 Å². The van der Waals surface area contributed by atoms with Crippen molar-refractivity contribution in [2.24, 2.45) is 0 Å². The molecule has 4 heteroatoms. The number of carboxylic acids is 1. The highest BCUT2D eigenvalue weighted by atomic mass is 32.2. The SMILES string of the molecule is CSc1ccc(C(C)N(CCC(=O)O)C2CC2)cc1. The molecule has 1 aromatic carbocycles. The standard InChI is InChI=1S/C15H21NO2S/c1-11(12-3-7-14(19-2)8-4-12)16(13-5-6-13)10-9-15(17)18/h3-4,7-8,11,13H,5-6,9-10H2,1-2H3,(H,17,18). The average Bonchev–Trinajstić information content (AvgIpc) is 3.23. The minimum absolute atomic E-state index is 0.226. The summed E-state index contributed by atoms with van der Waals surface area (Å²) in [5, 5.41) is 8.86. The first-order chi connectivity index (χ1) is 9.11. The molecule has 0 saturated heterocycles. The maximum absolute atomic E-state index is 10.8. The highest BCUT2D eigenvalue weighted by Crippen LogP contribution is 2.34. The molecule has 0 amide bonds. The summed E-state index contributed by atoms with van der Waals surface area (Å²) < 4.78 is 0. The zero-order valence-electron chi connectivity index (χ0n) is 11.5. The number of nitrogens with zero attached hydrogens (tertiary/aromatic N) is 1. The molecule has 0 aromatic heterocycles. The zero-order chi connectivity index (χ0) is 13.8. The average molecular weight is 279 g/mol. The number of hydrogen-bond donors (Lipinski definition) is 1. The van der Waals surface area contributed by atoms with Crippen molar-refractivity contribution in [2.75, 3.05) is 12.8 Å².